The van der Waals surface area contributed by atoms with Crippen LogP contribution in [0.5, 0.6) is 0 Å². The Morgan fingerprint density at radius 1 is 1.47 bits per heavy atom. The lowest BCUT2D eigenvalue weighted by Gasteiger charge is -2.11. The van der Waals surface area contributed by atoms with E-state index in [1.165, 1.54) is 6.07 Å². The van der Waals surface area contributed by atoms with E-state index >= 15 is 0 Å². The lowest BCUT2D eigenvalue weighted by Crippen LogP contribution is -2.22. The summed E-state index contributed by atoms with van der Waals surface area (Å²) < 4.78 is 0. The third-order valence-electron chi connectivity index (χ3n) is 3.18. The molecular weight excluding hydrogens is 220 g/mol. The molecule has 90 valence electrons. The topological polar surface area (TPSA) is 63.5 Å². The highest BCUT2D eigenvalue weighted by Gasteiger charge is 2.34. The predicted molar refractivity (Wildman–Crippen MR) is 62.8 cm³/mol. The molecular formula is C12H14N2O3. The number of carbonyl (C=O) groups is 1. The van der Waals surface area contributed by atoms with Crippen LogP contribution in [0.25, 0.3) is 0 Å². The van der Waals surface area contributed by atoms with Gasteiger partial charge in [-0.1, -0.05) is 11.6 Å². The smallest absolute Gasteiger partial charge is 0.273 e. The Kier molecular flexibility index (Phi) is 2.83. The molecule has 2 rings (SSSR count). The molecule has 1 aliphatic heterocycles. The van der Waals surface area contributed by atoms with Gasteiger partial charge in [0.2, 0.25) is 5.91 Å². The van der Waals surface area contributed by atoms with E-state index in [2.05, 4.69) is 0 Å². The van der Waals surface area contributed by atoms with Gasteiger partial charge in [0.1, 0.15) is 0 Å². The zero-order valence-electron chi connectivity index (χ0n) is 9.84. The van der Waals surface area contributed by atoms with Gasteiger partial charge >= 0.3 is 0 Å². The molecule has 1 fully saturated rings. The van der Waals surface area contributed by atoms with Crippen LogP contribution in [0.4, 0.5) is 5.69 Å². The number of likely N-dealkylation sites (N-methyl/N-ethyl adjacent to an activating group) is 1. The Labute approximate surface area is 99.2 Å². The second-order valence-corrected chi connectivity index (χ2v) is 4.42. The fourth-order valence-electron chi connectivity index (χ4n) is 2.23. The van der Waals surface area contributed by atoms with E-state index in [1.807, 2.05) is 6.92 Å². The molecule has 0 aromatic heterocycles. The zero-order chi connectivity index (χ0) is 12.6. The van der Waals surface area contributed by atoms with E-state index in [9.17, 15) is 14.9 Å². The van der Waals surface area contributed by atoms with Crippen molar-refractivity contribution in [1.29, 1.82) is 0 Å². The third kappa shape index (κ3) is 2.00. The molecule has 1 amide bonds. The van der Waals surface area contributed by atoms with Crippen LogP contribution in [0, 0.1) is 17.0 Å². The van der Waals surface area contributed by atoms with Crippen LogP contribution in [-0.2, 0) is 4.79 Å². The molecule has 1 aromatic rings. The van der Waals surface area contributed by atoms with E-state index in [-0.39, 0.29) is 17.5 Å². The number of nitro groups is 1. The van der Waals surface area contributed by atoms with Crippen molar-refractivity contribution in [3.8, 4) is 0 Å². The van der Waals surface area contributed by atoms with Crippen molar-refractivity contribution in [2.24, 2.45) is 0 Å². The summed E-state index contributed by atoms with van der Waals surface area (Å²) in [6.07, 6.45) is 0.652. The first-order chi connectivity index (χ1) is 8.00. The molecule has 1 unspecified atom stereocenters. The van der Waals surface area contributed by atoms with Crippen LogP contribution in [-0.4, -0.2) is 29.3 Å². The second-order valence-electron chi connectivity index (χ2n) is 4.42. The highest BCUT2D eigenvalue weighted by atomic mass is 16.6. The van der Waals surface area contributed by atoms with Gasteiger partial charge in [-0.15, -0.1) is 0 Å². The molecule has 0 radical (unpaired) electrons. The fraction of sp³-hybridized carbons (Fsp3) is 0.417. The molecule has 17 heavy (non-hydrogen) atoms. The summed E-state index contributed by atoms with van der Waals surface area (Å²) >= 11 is 0. The van der Waals surface area contributed by atoms with Crippen LogP contribution in [0.2, 0.25) is 0 Å². The first kappa shape index (κ1) is 11.6. The average Bonchev–Trinajstić information content (AvgIpc) is 2.59. The third-order valence-corrected chi connectivity index (χ3v) is 3.18. The molecule has 1 saturated heterocycles. The quantitative estimate of drug-likeness (QED) is 0.579. The van der Waals surface area contributed by atoms with Crippen LogP contribution >= 0.6 is 0 Å². The highest BCUT2D eigenvalue weighted by Crippen LogP contribution is 2.34. The first-order valence-electron chi connectivity index (χ1n) is 5.50. The van der Waals surface area contributed by atoms with Gasteiger partial charge in [0.15, 0.2) is 0 Å². The predicted octanol–water partition coefficient (Wildman–Crippen LogP) is 1.85. The van der Waals surface area contributed by atoms with E-state index in [0.29, 0.717) is 18.5 Å². The molecule has 0 aliphatic carbocycles. The van der Waals surface area contributed by atoms with Gasteiger partial charge in [-0.3, -0.25) is 14.9 Å². The number of amides is 1. The lowest BCUT2D eigenvalue weighted by atomic mass is 9.94. The molecule has 0 spiro atoms. The molecule has 0 saturated carbocycles. The van der Waals surface area contributed by atoms with Crippen molar-refractivity contribution >= 4 is 11.6 Å². The van der Waals surface area contributed by atoms with Gasteiger partial charge in [-0.2, -0.15) is 0 Å². The normalized spacial score (nSPS) is 19.8. The van der Waals surface area contributed by atoms with Crippen molar-refractivity contribution in [2.75, 3.05) is 13.6 Å². The first-order valence-corrected chi connectivity index (χ1v) is 5.50. The largest absolute Gasteiger partial charge is 0.345 e. The fourth-order valence-corrected chi connectivity index (χ4v) is 2.23. The summed E-state index contributed by atoms with van der Waals surface area (Å²) in [5.74, 6) is -0.390. The summed E-state index contributed by atoms with van der Waals surface area (Å²) in [4.78, 5) is 24.1. The number of hydrogen-bond donors (Lipinski definition) is 0. The summed E-state index contributed by atoms with van der Waals surface area (Å²) in [6, 6.07) is 4.93. The van der Waals surface area contributed by atoms with Crippen LogP contribution in [0.15, 0.2) is 18.2 Å². The van der Waals surface area contributed by atoms with Gasteiger partial charge in [-0.05, 0) is 19.4 Å². The summed E-state index contributed by atoms with van der Waals surface area (Å²) in [5, 5.41) is 11.0. The molecule has 0 bridgehead atoms. The molecule has 5 nitrogen and oxygen atoms in total. The number of carbonyl (C=O) groups excluding carboxylic acids is 1. The number of aryl methyl sites for hydroxylation is 1. The van der Waals surface area contributed by atoms with Gasteiger partial charge in [0.05, 0.1) is 10.8 Å². The van der Waals surface area contributed by atoms with Crippen molar-refractivity contribution in [3.05, 3.63) is 39.4 Å². The average molecular weight is 234 g/mol. The van der Waals surface area contributed by atoms with Crippen molar-refractivity contribution in [2.45, 2.75) is 19.3 Å². The van der Waals surface area contributed by atoms with E-state index < -0.39 is 4.92 Å². The number of likely N-dealkylation sites (tertiary alicyclic amines) is 1. The summed E-state index contributed by atoms with van der Waals surface area (Å²) in [5.41, 5.74) is 1.53. The lowest BCUT2D eigenvalue weighted by molar-refractivity contribution is -0.385. The Bertz CT molecular complexity index is 485. The maximum absolute atomic E-state index is 11.9. The Balaban J connectivity index is 2.47. The summed E-state index contributed by atoms with van der Waals surface area (Å²) in [7, 11) is 1.73. The van der Waals surface area contributed by atoms with Crippen LogP contribution in [0.3, 0.4) is 0 Å². The minimum Gasteiger partial charge on any atom is -0.345 e. The van der Waals surface area contributed by atoms with Gasteiger partial charge in [-0.25, -0.2) is 0 Å². The minimum atomic E-state index is -0.416. The number of nitro benzene ring substituents is 1. The standard InChI is InChI=1S/C12H14N2O3/c1-8-3-4-11(14(16)17)10(7-8)9-5-6-13(2)12(9)15/h3-4,7,9H,5-6H2,1-2H3. The van der Waals surface area contributed by atoms with E-state index in [4.69, 9.17) is 0 Å². The van der Waals surface area contributed by atoms with E-state index in [1.54, 1.807) is 24.1 Å². The SMILES string of the molecule is Cc1ccc([N+](=O)[O-])c(C2CCN(C)C2=O)c1. The molecule has 1 atom stereocenters. The molecule has 5 heteroatoms. The molecule has 1 aliphatic rings. The van der Waals surface area contributed by atoms with Crippen molar-refractivity contribution in [1.82, 2.24) is 4.90 Å². The number of rotatable bonds is 2. The number of nitrogens with zero attached hydrogens (tertiary/aromatic N) is 2. The zero-order valence-corrected chi connectivity index (χ0v) is 9.84. The van der Waals surface area contributed by atoms with Crippen molar-refractivity contribution < 1.29 is 9.72 Å². The number of hydrogen-bond acceptors (Lipinski definition) is 3. The highest BCUT2D eigenvalue weighted by molar-refractivity contribution is 5.86. The Morgan fingerprint density at radius 3 is 2.71 bits per heavy atom. The molecule has 1 heterocycles. The summed E-state index contributed by atoms with van der Waals surface area (Å²) in [6.45, 7) is 2.53. The Hall–Kier alpha value is -1.91. The molecule has 0 N–H and O–H groups in total. The van der Waals surface area contributed by atoms with Gasteiger partial charge < -0.3 is 4.90 Å². The van der Waals surface area contributed by atoms with Crippen LogP contribution < -0.4 is 0 Å². The monoisotopic (exact) mass is 234 g/mol. The second kappa shape index (κ2) is 4.16. The maximum Gasteiger partial charge on any atom is 0.273 e. The van der Waals surface area contributed by atoms with Crippen molar-refractivity contribution in [3.63, 3.8) is 0 Å². The molecule has 1 aromatic carbocycles. The van der Waals surface area contributed by atoms with Crippen LogP contribution in [0.1, 0.15) is 23.5 Å². The maximum atomic E-state index is 11.9. The van der Waals surface area contributed by atoms with Gasteiger partial charge in [0.25, 0.3) is 5.69 Å². The minimum absolute atomic E-state index is 0.0290. The number of benzene rings is 1. The van der Waals surface area contributed by atoms with E-state index in [0.717, 1.165) is 5.56 Å². The van der Waals surface area contributed by atoms with Gasteiger partial charge in [0, 0.05) is 25.2 Å². The Morgan fingerprint density at radius 2 is 2.18 bits per heavy atom.